The number of unbranched alkanes of at least 4 members (excludes halogenated alkanes) is 15. The lowest BCUT2D eigenvalue weighted by Gasteiger charge is -2.19. The van der Waals surface area contributed by atoms with Gasteiger partial charge in [0.05, 0.1) is 0 Å². The molecule has 282 valence electrons. The second-order valence-corrected chi connectivity index (χ2v) is 15.7. The van der Waals surface area contributed by atoms with Crippen LogP contribution in [0.2, 0.25) is 0 Å². The maximum absolute atomic E-state index is 5.99. The fourth-order valence-corrected chi connectivity index (χ4v) is 7.96. The predicted molar refractivity (Wildman–Crippen MR) is 229 cm³/mol. The Morgan fingerprint density at radius 2 is 0.596 bits per heavy atom. The molecule has 0 aromatic heterocycles. The highest BCUT2D eigenvalue weighted by Gasteiger charge is 2.15. The van der Waals surface area contributed by atoms with Crippen LogP contribution in [0.15, 0.2) is 97.1 Å². The van der Waals surface area contributed by atoms with Gasteiger partial charge in [-0.05, 0) is 96.2 Å². The van der Waals surface area contributed by atoms with Crippen LogP contribution < -0.4 is 11.5 Å². The summed E-state index contributed by atoms with van der Waals surface area (Å²) in [6, 6.07) is 36.2. The average molecular weight is 701 g/mol. The first kappa shape index (κ1) is 41.2. The summed E-state index contributed by atoms with van der Waals surface area (Å²) < 4.78 is 0. The Labute approximate surface area is 319 Å². The summed E-state index contributed by atoms with van der Waals surface area (Å²) in [5.74, 6) is 0.933. The summed E-state index contributed by atoms with van der Waals surface area (Å²) >= 11 is 0. The predicted octanol–water partition coefficient (Wildman–Crippen LogP) is 14.7. The Kier molecular flexibility index (Phi) is 19.6. The van der Waals surface area contributed by atoms with Crippen LogP contribution in [-0.2, 0) is 12.8 Å². The Morgan fingerprint density at radius 1 is 0.327 bits per heavy atom. The first-order valence-electron chi connectivity index (χ1n) is 21.5. The quantitative estimate of drug-likeness (QED) is 0.0480. The van der Waals surface area contributed by atoms with Crippen molar-refractivity contribution >= 4 is 11.4 Å². The normalized spacial score (nSPS) is 12.6. The standard InChI is InChI=1S/C50H72N2/c1-3-5-7-19-23-49(45-33-37-47(51)38-34-45)43-29-25-41(26-30-43)21-17-15-13-11-9-10-12-14-16-18-22-42-27-31-44(32-28-42)50(24-20-8-6-4-2)46-35-39-48(52)40-36-46/h25-40,49-50H,3-24,51-52H2,1-2H3. The van der Waals surface area contributed by atoms with E-state index in [0.717, 1.165) is 11.4 Å². The molecule has 0 bridgehead atoms. The van der Waals surface area contributed by atoms with E-state index in [4.69, 9.17) is 11.5 Å². The minimum atomic E-state index is 0.467. The molecule has 0 saturated heterocycles. The third-order valence-electron chi connectivity index (χ3n) is 11.3. The topological polar surface area (TPSA) is 52.0 Å². The van der Waals surface area contributed by atoms with Crippen molar-refractivity contribution in [2.24, 2.45) is 0 Å². The lowest BCUT2D eigenvalue weighted by atomic mass is 9.86. The number of rotatable bonds is 27. The van der Waals surface area contributed by atoms with E-state index in [1.54, 1.807) is 0 Å². The minimum Gasteiger partial charge on any atom is -0.399 e. The van der Waals surface area contributed by atoms with Gasteiger partial charge in [0.25, 0.3) is 0 Å². The first-order valence-corrected chi connectivity index (χ1v) is 21.5. The number of aryl methyl sites for hydroxylation is 2. The molecule has 2 heteroatoms. The van der Waals surface area contributed by atoms with Gasteiger partial charge in [-0.1, -0.05) is 189 Å². The van der Waals surface area contributed by atoms with Gasteiger partial charge in [-0.25, -0.2) is 0 Å². The van der Waals surface area contributed by atoms with Gasteiger partial charge in [0.1, 0.15) is 0 Å². The fraction of sp³-hybridized carbons (Fsp3) is 0.520. The molecule has 4 N–H and O–H groups in total. The van der Waals surface area contributed by atoms with Gasteiger partial charge in [0.2, 0.25) is 0 Å². The van der Waals surface area contributed by atoms with Crippen molar-refractivity contribution in [3.63, 3.8) is 0 Å². The Balaban J connectivity index is 1.05. The van der Waals surface area contributed by atoms with Gasteiger partial charge < -0.3 is 11.5 Å². The molecule has 2 unspecified atom stereocenters. The van der Waals surface area contributed by atoms with Crippen LogP contribution >= 0.6 is 0 Å². The van der Waals surface area contributed by atoms with E-state index in [1.165, 1.54) is 175 Å². The molecule has 0 radical (unpaired) electrons. The number of hydrogen-bond donors (Lipinski definition) is 2. The molecule has 0 fully saturated rings. The summed E-state index contributed by atoms with van der Waals surface area (Å²) in [6.45, 7) is 4.57. The molecule has 0 aliphatic heterocycles. The van der Waals surface area contributed by atoms with Gasteiger partial charge in [-0.3, -0.25) is 0 Å². The van der Waals surface area contributed by atoms with Crippen molar-refractivity contribution in [3.05, 3.63) is 130 Å². The number of benzene rings is 4. The van der Waals surface area contributed by atoms with Crippen molar-refractivity contribution in [2.45, 2.75) is 167 Å². The largest absolute Gasteiger partial charge is 0.399 e. The average Bonchev–Trinajstić information content (AvgIpc) is 3.17. The Bertz CT molecular complexity index is 1340. The molecule has 0 spiro atoms. The van der Waals surface area contributed by atoms with E-state index >= 15 is 0 Å². The molecule has 0 aliphatic rings. The number of nitrogens with two attached hydrogens (primary N) is 2. The van der Waals surface area contributed by atoms with Crippen LogP contribution in [-0.4, -0.2) is 0 Å². The molecule has 4 aromatic carbocycles. The van der Waals surface area contributed by atoms with Gasteiger partial charge in [-0.2, -0.15) is 0 Å². The highest BCUT2D eigenvalue weighted by Crippen LogP contribution is 2.33. The fourth-order valence-electron chi connectivity index (χ4n) is 7.96. The van der Waals surface area contributed by atoms with Crippen LogP contribution in [0.5, 0.6) is 0 Å². The first-order chi connectivity index (χ1) is 25.6. The monoisotopic (exact) mass is 701 g/mol. The van der Waals surface area contributed by atoms with Gasteiger partial charge >= 0.3 is 0 Å². The van der Waals surface area contributed by atoms with E-state index in [2.05, 4.69) is 111 Å². The van der Waals surface area contributed by atoms with Gasteiger partial charge in [-0.15, -0.1) is 0 Å². The smallest absolute Gasteiger partial charge is 0.0314 e. The lowest BCUT2D eigenvalue weighted by Crippen LogP contribution is -2.02. The molecular formula is C50H72N2. The number of nitrogen functional groups attached to an aromatic ring is 2. The van der Waals surface area contributed by atoms with Crippen LogP contribution in [0, 0.1) is 0 Å². The van der Waals surface area contributed by atoms with Crippen LogP contribution in [0.25, 0.3) is 0 Å². The van der Waals surface area contributed by atoms with Crippen molar-refractivity contribution in [2.75, 3.05) is 11.5 Å². The summed E-state index contributed by atoms with van der Waals surface area (Å²) in [5.41, 5.74) is 22.3. The zero-order valence-corrected chi connectivity index (χ0v) is 33.1. The SMILES string of the molecule is CCCCCCC(c1ccc(N)cc1)c1ccc(CCCCCCCCCCCCc2ccc(C(CCCCCC)c3ccc(N)cc3)cc2)cc1. The van der Waals surface area contributed by atoms with Gasteiger partial charge in [0.15, 0.2) is 0 Å². The highest BCUT2D eigenvalue weighted by molar-refractivity contribution is 5.44. The highest BCUT2D eigenvalue weighted by atomic mass is 14.5. The maximum atomic E-state index is 5.99. The third-order valence-corrected chi connectivity index (χ3v) is 11.3. The van der Waals surface area contributed by atoms with E-state index in [-0.39, 0.29) is 0 Å². The molecule has 0 aliphatic carbocycles. The summed E-state index contributed by atoms with van der Waals surface area (Å²) in [5, 5.41) is 0. The summed E-state index contributed by atoms with van der Waals surface area (Å²) in [6.07, 6.45) is 28.9. The second kappa shape index (κ2) is 24.7. The van der Waals surface area contributed by atoms with Crippen molar-refractivity contribution in [3.8, 4) is 0 Å². The van der Waals surface area contributed by atoms with Crippen molar-refractivity contribution in [1.82, 2.24) is 0 Å². The Morgan fingerprint density at radius 3 is 0.904 bits per heavy atom. The molecule has 2 nitrogen and oxygen atoms in total. The lowest BCUT2D eigenvalue weighted by molar-refractivity contribution is 0.551. The molecule has 0 amide bonds. The molecule has 0 heterocycles. The summed E-state index contributed by atoms with van der Waals surface area (Å²) in [7, 11) is 0. The van der Waals surface area contributed by atoms with E-state index < -0.39 is 0 Å². The molecule has 2 atom stereocenters. The summed E-state index contributed by atoms with van der Waals surface area (Å²) in [4.78, 5) is 0. The van der Waals surface area contributed by atoms with Crippen molar-refractivity contribution in [1.29, 1.82) is 0 Å². The zero-order chi connectivity index (χ0) is 36.6. The Hall–Kier alpha value is -3.52. The molecular weight excluding hydrogens is 629 g/mol. The molecule has 52 heavy (non-hydrogen) atoms. The van der Waals surface area contributed by atoms with Crippen LogP contribution in [0.4, 0.5) is 11.4 Å². The third kappa shape index (κ3) is 15.2. The van der Waals surface area contributed by atoms with Gasteiger partial charge in [0, 0.05) is 23.2 Å². The minimum absolute atomic E-state index is 0.467. The molecule has 4 rings (SSSR count). The maximum Gasteiger partial charge on any atom is 0.0314 e. The molecule has 4 aromatic rings. The molecule has 0 saturated carbocycles. The number of hydrogen-bond acceptors (Lipinski definition) is 2. The van der Waals surface area contributed by atoms with Crippen LogP contribution in [0.1, 0.15) is 187 Å². The number of anilines is 2. The van der Waals surface area contributed by atoms with E-state index in [0.29, 0.717) is 11.8 Å². The van der Waals surface area contributed by atoms with E-state index in [9.17, 15) is 0 Å². The zero-order valence-electron chi connectivity index (χ0n) is 33.1. The van der Waals surface area contributed by atoms with E-state index in [1.807, 2.05) is 0 Å². The van der Waals surface area contributed by atoms with Crippen LogP contribution in [0.3, 0.4) is 0 Å². The second-order valence-electron chi connectivity index (χ2n) is 15.7. The van der Waals surface area contributed by atoms with Crippen molar-refractivity contribution < 1.29 is 0 Å².